The fraction of sp³-hybridized carbons (Fsp3) is 0.357. The van der Waals surface area contributed by atoms with Crippen molar-refractivity contribution < 1.29 is 17.6 Å². The van der Waals surface area contributed by atoms with Crippen LogP contribution in [0, 0.1) is 0 Å². The van der Waals surface area contributed by atoms with E-state index in [-0.39, 0.29) is 11.9 Å². The van der Waals surface area contributed by atoms with E-state index in [4.69, 9.17) is 16.0 Å². The minimum absolute atomic E-state index is 0.124. The van der Waals surface area contributed by atoms with E-state index in [9.17, 15) is 13.2 Å². The van der Waals surface area contributed by atoms with Gasteiger partial charge in [-0.15, -0.1) is 5.10 Å². The highest BCUT2D eigenvalue weighted by Crippen LogP contribution is 2.32. The smallest absolute Gasteiger partial charge is 0.335 e. The fourth-order valence-corrected chi connectivity index (χ4v) is 3.05. The molecular formula is C14H15ClN4O4S. The molecular weight excluding hydrogens is 356 g/mol. The maximum atomic E-state index is 12.5. The number of urea groups is 1. The van der Waals surface area contributed by atoms with Crippen LogP contribution in [0.2, 0.25) is 5.02 Å². The number of nitrogens with one attached hydrogen (secondary N) is 1. The zero-order valence-corrected chi connectivity index (χ0v) is 14.3. The van der Waals surface area contributed by atoms with Crippen molar-refractivity contribution in [3.8, 4) is 0 Å². The Morgan fingerprint density at radius 2 is 2.04 bits per heavy atom. The molecule has 1 atom stereocenters. The number of hydrogen-bond acceptors (Lipinski definition) is 6. The molecule has 128 valence electrons. The molecule has 1 saturated heterocycles. The van der Waals surface area contributed by atoms with Crippen LogP contribution in [0.5, 0.6) is 0 Å². The number of anilines is 1. The maximum Gasteiger partial charge on any atom is 0.335 e. The van der Waals surface area contributed by atoms with Gasteiger partial charge in [0, 0.05) is 23.5 Å². The van der Waals surface area contributed by atoms with Crippen LogP contribution in [0.15, 0.2) is 33.9 Å². The molecule has 1 aromatic heterocycles. The molecule has 3 rings (SSSR count). The molecule has 24 heavy (non-hydrogen) atoms. The van der Waals surface area contributed by atoms with E-state index >= 15 is 0 Å². The van der Waals surface area contributed by atoms with Gasteiger partial charge < -0.3 is 14.6 Å². The van der Waals surface area contributed by atoms with Crippen LogP contribution in [0.3, 0.4) is 0 Å². The summed E-state index contributed by atoms with van der Waals surface area (Å²) in [4.78, 5) is 14.0. The van der Waals surface area contributed by atoms with Gasteiger partial charge in [0.05, 0.1) is 0 Å². The second-order valence-electron chi connectivity index (χ2n) is 5.47. The molecule has 1 aliphatic heterocycles. The third-order valence-corrected chi connectivity index (χ3v) is 4.68. The van der Waals surface area contributed by atoms with Gasteiger partial charge in [-0.05, 0) is 37.1 Å². The molecule has 8 nitrogen and oxygen atoms in total. The monoisotopic (exact) mass is 370 g/mol. The predicted octanol–water partition coefficient (Wildman–Crippen LogP) is 2.50. The summed E-state index contributed by atoms with van der Waals surface area (Å²) >= 11 is 5.82. The van der Waals surface area contributed by atoms with Gasteiger partial charge in [0.25, 0.3) is 0 Å². The second kappa shape index (κ2) is 6.40. The van der Waals surface area contributed by atoms with Gasteiger partial charge in [-0.1, -0.05) is 16.7 Å². The lowest BCUT2D eigenvalue weighted by atomic mass is 10.2. The van der Waals surface area contributed by atoms with Crippen LogP contribution in [-0.2, 0) is 9.84 Å². The van der Waals surface area contributed by atoms with Crippen molar-refractivity contribution in [2.45, 2.75) is 24.1 Å². The first-order chi connectivity index (χ1) is 11.3. The summed E-state index contributed by atoms with van der Waals surface area (Å²) in [6.07, 6.45) is 2.37. The van der Waals surface area contributed by atoms with Gasteiger partial charge in [-0.25, -0.2) is 13.2 Å². The number of carbonyl (C=O) groups excluding carboxylic acids is 1. The summed E-state index contributed by atoms with van der Waals surface area (Å²) in [5.41, 5.74) is 0.609. The molecule has 1 aliphatic rings. The predicted molar refractivity (Wildman–Crippen MR) is 86.6 cm³/mol. The fourth-order valence-electron chi connectivity index (χ4n) is 2.50. The van der Waals surface area contributed by atoms with Gasteiger partial charge in [-0.3, -0.25) is 0 Å². The average molecular weight is 371 g/mol. The molecule has 1 N–H and O–H groups in total. The van der Waals surface area contributed by atoms with Crippen molar-refractivity contribution in [1.82, 2.24) is 15.1 Å². The first-order valence-electron chi connectivity index (χ1n) is 7.21. The molecule has 2 amide bonds. The minimum Gasteiger partial charge on any atom is -0.410 e. The van der Waals surface area contributed by atoms with Crippen molar-refractivity contribution in [2.75, 3.05) is 18.1 Å². The Hall–Kier alpha value is -2.13. The zero-order valence-electron chi connectivity index (χ0n) is 12.8. The number of benzene rings is 1. The zero-order chi connectivity index (χ0) is 17.3. The summed E-state index contributed by atoms with van der Waals surface area (Å²) in [5, 5.41) is 10.2. The van der Waals surface area contributed by atoms with Crippen molar-refractivity contribution >= 4 is 33.2 Å². The van der Waals surface area contributed by atoms with E-state index in [1.54, 1.807) is 29.2 Å². The van der Waals surface area contributed by atoms with Gasteiger partial charge in [-0.2, -0.15) is 0 Å². The maximum absolute atomic E-state index is 12.5. The summed E-state index contributed by atoms with van der Waals surface area (Å²) in [7, 11) is -3.57. The van der Waals surface area contributed by atoms with E-state index in [2.05, 4.69) is 15.5 Å². The highest BCUT2D eigenvalue weighted by molar-refractivity contribution is 7.90. The van der Waals surface area contributed by atoms with Crippen LogP contribution in [0.25, 0.3) is 0 Å². The number of sulfone groups is 1. The van der Waals surface area contributed by atoms with Gasteiger partial charge in [0.2, 0.25) is 15.7 Å². The molecule has 2 aromatic rings. The Labute approximate surface area is 143 Å². The molecule has 10 heteroatoms. The Kier molecular flexibility index (Phi) is 4.46. The second-order valence-corrected chi connectivity index (χ2v) is 7.80. The SMILES string of the molecule is CS(=O)(=O)c1nnc([C@@H]2CCCN2C(=O)Nc2ccc(Cl)cc2)o1. The van der Waals surface area contributed by atoms with E-state index in [0.717, 1.165) is 12.7 Å². The van der Waals surface area contributed by atoms with E-state index in [1.165, 1.54) is 0 Å². The lowest BCUT2D eigenvalue weighted by Crippen LogP contribution is -2.34. The lowest BCUT2D eigenvalue weighted by Gasteiger charge is -2.22. The molecule has 0 unspecified atom stereocenters. The standard InChI is InChI=1S/C14H15ClN4O4S/c1-24(21,22)14-18-17-12(23-14)11-3-2-8-19(11)13(20)16-10-6-4-9(15)5-7-10/h4-7,11H,2-3,8H2,1H3,(H,16,20)/t11-/m0/s1. The summed E-state index contributed by atoms with van der Waals surface area (Å²) in [5.74, 6) is 0.124. The number of amides is 2. The van der Waals surface area contributed by atoms with E-state index < -0.39 is 21.1 Å². The third-order valence-electron chi connectivity index (χ3n) is 3.63. The average Bonchev–Trinajstić information content (AvgIpc) is 3.17. The Bertz CT molecular complexity index is 850. The van der Waals surface area contributed by atoms with Gasteiger partial charge >= 0.3 is 11.3 Å². The first kappa shape index (κ1) is 16.7. The molecule has 0 radical (unpaired) electrons. The lowest BCUT2D eigenvalue weighted by molar-refractivity contribution is 0.195. The third kappa shape index (κ3) is 3.51. The molecule has 2 heterocycles. The van der Waals surface area contributed by atoms with Crippen LogP contribution >= 0.6 is 11.6 Å². The largest absolute Gasteiger partial charge is 0.410 e. The Morgan fingerprint density at radius 3 is 2.67 bits per heavy atom. The first-order valence-corrected chi connectivity index (χ1v) is 9.48. The molecule has 1 fully saturated rings. The quantitative estimate of drug-likeness (QED) is 0.889. The molecule has 1 aromatic carbocycles. The van der Waals surface area contributed by atoms with Crippen LogP contribution in [-0.4, -0.2) is 42.3 Å². The summed E-state index contributed by atoms with van der Waals surface area (Å²) in [6, 6.07) is 5.98. The number of aromatic nitrogens is 2. The normalized spacial score (nSPS) is 17.9. The van der Waals surface area contributed by atoms with Crippen LogP contribution in [0.1, 0.15) is 24.8 Å². The Balaban J connectivity index is 1.76. The van der Waals surface area contributed by atoms with E-state index in [1.807, 2.05) is 0 Å². The number of halogens is 1. The molecule has 0 saturated carbocycles. The molecule has 0 aliphatic carbocycles. The van der Waals surface area contributed by atoms with Crippen molar-refractivity contribution in [1.29, 1.82) is 0 Å². The summed E-state index contributed by atoms with van der Waals surface area (Å²) in [6.45, 7) is 0.515. The van der Waals surface area contributed by atoms with Crippen molar-refractivity contribution in [2.24, 2.45) is 0 Å². The highest BCUT2D eigenvalue weighted by Gasteiger charge is 2.34. The number of likely N-dealkylation sites (tertiary alicyclic amines) is 1. The van der Waals surface area contributed by atoms with Gasteiger partial charge in [0.15, 0.2) is 0 Å². The summed E-state index contributed by atoms with van der Waals surface area (Å²) < 4.78 is 28.1. The van der Waals surface area contributed by atoms with Crippen LogP contribution in [0.4, 0.5) is 10.5 Å². The molecule has 0 bridgehead atoms. The number of hydrogen-bond donors (Lipinski definition) is 1. The number of rotatable bonds is 3. The Morgan fingerprint density at radius 1 is 1.33 bits per heavy atom. The van der Waals surface area contributed by atoms with Gasteiger partial charge in [0.1, 0.15) is 6.04 Å². The number of carbonyl (C=O) groups is 1. The van der Waals surface area contributed by atoms with E-state index in [0.29, 0.717) is 23.7 Å². The van der Waals surface area contributed by atoms with Crippen LogP contribution < -0.4 is 5.32 Å². The molecule has 0 spiro atoms. The number of nitrogens with zero attached hydrogens (tertiary/aromatic N) is 3. The van der Waals surface area contributed by atoms with Crippen molar-refractivity contribution in [3.63, 3.8) is 0 Å². The van der Waals surface area contributed by atoms with Crippen molar-refractivity contribution in [3.05, 3.63) is 35.2 Å². The topological polar surface area (TPSA) is 105 Å². The highest BCUT2D eigenvalue weighted by atomic mass is 35.5. The minimum atomic E-state index is -3.57.